The zero-order chi connectivity index (χ0) is 32.0. The molecule has 12 heteroatoms. The van der Waals surface area contributed by atoms with Gasteiger partial charge >= 0.3 is 6.18 Å². The number of morpholine rings is 1. The SMILES string of the molecule is COc1cccc(C2=NN(C(=O)CN(CCN3CCOCC3)C(=O)c3ccc(C(F)(F)F)cc3)C(c3ccccc3OC)C2)c1. The second kappa shape index (κ2) is 14.1. The third kappa shape index (κ3) is 7.63. The van der Waals surface area contributed by atoms with Crippen molar-refractivity contribution in [2.45, 2.75) is 18.6 Å². The number of amides is 2. The number of ether oxygens (including phenoxy) is 3. The number of benzene rings is 3. The van der Waals surface area contributed by atoms with Crippen molar-refractivity contribution in [2.24, 2.45) is 5.10 Å². The maximum atomic E-state index is 14.1. The van der Waals surface area contributed by atoms with Gasteiger partial charge in [-0.05, 0) is 42.5 Å². The zero-order valence-corrected chi connectivity index (χ0v) is 25.1. The average molecular weight is 625 g/mol. The summed E-state index contributed by atoms with van der Waals surface area (Å²) >= 11 is 0. The van der Waals surface area contributed by atoms with Crippen molar-refractivity contribution < 1.29 is 37.0 Å². The first-order valence-corrected chi connectivity index (χ1v) is 14.6. The maximum absolute atomic E-state index is 14.1. The van der Waals surface area contributed by atoms with Gasteiger partial charge in [0.25, 0.3) is 11.8 Å². The topological polar surface area (TPSA) is 83.9 Å². The molecule has 0 aromatic heterocycles. The number of halogens is 3. The molecule has 2 aliphatic heterocycles. The molecule has 3 aromatic carbocycles. The standard InChI is InChI=1S/C33H35F3N4O5/c1-43-26-7-5-6-24(20-26)28-21-29(27-8-3-4-9-30(27)44-2)40(37-28)31(41)22-39(15-14-38-16-18-45-19-17-38)32(42)23-10-12-25(13-11-23)33(34,35)36/h3-13,20,29H,14-19,21-22H2,1-2H3. The van der Waals surface area contributed by atoms with Crippen molar-refractivity contribution in [1.29, 1.82) is 0 Å². The summed E-state index contributed by atoms with van der Waals surface area (Å²) in [5, 5.41) is 6.12. The average Bonchev–Trinajstić information content (AvgIpc) is 3.52. The number of hydrazone groups is 1. The van der Waals surface area contributed by atoms with Crippen LogP contribution in [0.15, 0.2) is 77.9 Å². The van der Waals surface area contributed by atoms with Crippen LogP contribution in [0.1, 0.15) is 39.5 Å². The molecule has 238 valence electrons. The van der Waals surface area contributed by atoms with Gasteiger partial charge in [0.05, 0.1) is 44.8 Å². The van der Waals surface area contributed by atoms with Crippen LogP contribution in [0, 0.1) is 0 Å². The van der Waals surface area contributed by atoms with E-state index in [1.165, 1.54) is 9.91 Å². The first-order valence-electron chi connectivity index (χ1n) is 14.6. The summed E-state index contributed by atoms with van der Waals surface area (Å²) in [4.78, 5) is 31.3. The molecular formula is C33H35F3N4O5. The van der Waals surface area contributed by atoms with Crippen LogP contribution < -0.4 is 9.47 Å². The molecule has 1 saturated heterocycles. The Morgan fingerprint density at radius 1 is 0.978 bits per heavy atom. The van der Waals surface area contributed by atoms with Gasteiger partial charge < -0.3 is 19.1 Å². The van der Waals surface area contributed by atoms with Crippen LogP contribution in [0.4, 0.5) is 13.2 Å². The maximum Gasteiger partial charge on any atom is 0.416 e. The minimum atomic E-state index is -4.53. The first-order chi connectivity index (χ1) is 21.7. The van der Waals surface area contributed by atoms with E-state index >= 15 is 0 Å². The summed E-state index contributed by atoms with van der Waals surface area (Å²) < 4.78 is 56.0. The van der Waals surface area contributed by atoms with E-state index in [9.17, 15) is 22.8 Å². The largest absolute Gasteiger partial charge is 0.497 e. The van der Waals surface area contributed by atoms with Crippen LogP contribution in [-0.2, 0) is 15.7 Å². The summed E-state index contributed by atoms with van der Waals surface area (Å²) in [7, 11) is 3.13. The lowest BCUT2D eigenvalue weighted by Crippen LogP contribution is -2.46. The van der Waals surface area contributed by atoms with Crippen molar-refractivity contribution in [3.8, 4) is 11.5 Å². The quantitative estimate of drug-likeness (QED) is 0.320. The molecule has 2 aliphatic rings. The summed E-state index contributed by atoms with van der Waals surface area (Å²) in [6, 6.07) is 18.3. The zero-order valence-electron chi connectivity index (χ0n) is 25.1. The fraction of sp³-hybridized carbons (Fsp3) is 0.364. The summed E-state index contributed by atoms with van der Waals surface area (Å²) in [5.41, 5.74) is 1.40. The number of carbonyl (C=O) groups excluding carboxylic acids is 2. The van der Waals surface area contributed by atoms with Crippen LogP contribution in [0.2, 0.25) is 0 Å². The Labute approximate surface area is 259 Å². The van der Waals surface area contributed by atoms with Gasteiger partial charge in [-0.1, -0.05) is 30.3 Å². The molecule has 0 spiro atoms. The highest BCUT2D eigenvalue weighted by Gasteiger charge is 2.36. The molecule has 0 aliphatic carbocycles. The molecule has 5 rings (SSSR count). The van der Waals surface area contributed by atoms with E-state index in [2.05, 4.69) is 4.90 Å². The van der Waals surface area contributed by atoms with E-state index < -0.39 is 29.6 Å². The van der Waals surface area contributed by atoms with Crippen molar-refractivity contribution >= 4 is 17.5 Å². The molecule has 3 aromatic rings. The molecule has 0 N–H and O–H groups in total. The van der Waals surface area contributed by atoms with E-state index in [-0.39, 0.29) is 18.7 Å². The van der Waals surface area contributed by atoms with Crippen molar-refractivity contribution in [2.75, 3.05) is 60.2 Å². The first kappa shape index (κ1) is 32.0. The predicted octanol–water partition coefficient (Wildman–Crippen LogP) is 4.87. The van der Waals surface area contributed by atoms with Crippen LogP contribution >= 0.6 is 0 Å². The van der Waals surface area contributed by atoms with Crippen LogP contribution in [0.25, 0.3) is 0 Å². The van der Waals surface area contributed by atoms with Gasteiger partial charge in [-0.15, -0.1) is 0 Å². The third-order valence-corrected chi connectivity index (χ3v) is 7.93. The van der Waals surface area contributed by atoms with Gasteiger partial charge in [-0.2, -0.15) is 18.3 Å². The number of alkyl halides is 3. The van der Waals surface area contributed by atoms with Gasteiger partial charge in [0.1, 0.15) is 18.0 Å². The van der Waals surface area contributed by atoms with E-state index in [1.54, 1.807) is 14.2 Å². The molecule has 0 bridgehead atoms. The van der Waals surface area contributed by atoms with E-state index in [1.807, 2.05) is 48.5 Å². The molecule has 1 unspecified atom stereocenters. The van der Waals surface area contributed by atoms with Crippen molar-refractivity contribution in [3.05, 3.63) is 95.1 Å². The minimum Gasteiger partial charge on any atom is -0.497 e. The van der Waals surface area contributed by atoms with Gasteiger partial charge in [0, 0.05) is 49.3 Å². The number of rotatable bonds is 10. The second-order valence-corrected chi connectivity index (χ2v) is 10.7. The lowest BCUT2D eigenvalue weighted by molar-refractivity contribution is -0.137. The third-order valence-electron chi connectivity index (χ3n) is 7.93. The van der Waals surface area contributed by atoms with E-state index in [0.29, 0.717) is 56.5 Å². The van der Waals surface area contributed by atoms with Gasteiger partial charge in [0.2, 0.25) is 0 Å². The Morgan fingerprint density at radius 3 is 2.40 bits per heavy atom. The highest BCUT2D eigenvalue weighted by atomic mass is 19.4. The fourth-order valence-corrected chi connectivity index (χ4v) is 5.46. The summed E-state index contributed by atoms with van der Waals surface area (Å²) in [6.45, 7) is 2.79. The van der Waals surface area contributed by atoms with Crippen LogP contribution in [-0.4, -0.2) is 92.5 Å². The molecule has 0 radical (unpaired) electrons. The number of nitrogens with zero attached hydrogens (tertiary/aromatic N) is 4. The molecule has 45 heavy (non-hydrogen) atoms. The van der Waals surface area contributed by atoms with Crippen LogP contribution in [0.3, 0.4) is 0 Å². The molecule has 2 amide bonds. The molecule has 1 fully saturated rings. The lowest BCUT2D eigenvalue weighted by atomic mass is 9.97. The smallest absolute Gasteiger partial charge is 0.416 e. The van der Waals surface area contributed by atoms with Gasteiger partial charge in [-0.25, -0.2) is 5.01 Å². The number of hydrogen-bond donors (Lipinski definition) is 0. The molecule has 2 heterocycles. The van der Waals surface area contributed by atoms with Crippen molar-refractivity contribution in [1.82, 2.24) is 14.8 Å². The Balaban J connectivity index is 1.44. The molecule has 1 atom stereocenters. The number of para-hydroxylation sites is 1. The Hall–Kier alpha value is -4.42. The van der Waals surface area contributed by atoms with E-state index in [0.717, 1.165) is 35.4 Å². The minimum absolute atomic E-state index is 0.0565. The highest BCUT2D eigenvalue weighted by Crippen LogP contribution is 2.38. The number of methoxy groups -OCH3 is 2. The highest BCUT2D eigenvalue weighted by molar-refractivity contribution is 6.04. The molecular weight excluding hydrogens is 589 g/mol. The van der Waals surface area contributed by atoms with Gasteiger partial charge in [0.15, 0.2) is 0 Å². The Bertz CT molecular complexity index is 1520. The number of carbonyl (C=O) groups is 2. The molecule has 9 nitrogen and oxygen atoms in total. The fourth-order valence-electron chi connectivity index (χ4n) is 5.46. The monoisotopic (exact) mass is 624 g/mol. The van der Waals surface area contributed by atoms with Crippen molar-refractivity contribution in [3.63, 3.8) is 0 Å². The summed E-state index contributed by atoms with van der Waals surface area (Å²) in [6.07, 6.45) is -4.14. The van der Waals surface area contributed by atoms with Gasteiger partial charge in [-0.3, -0.25) is 14.5 Å². The number of hydrogen-bond acceptors (Lipinski definition) is 7. The Morgan fingerprint density at radius 2 is 1.71 bits per heavy atom. The Kier molecular flexibility index (Phi) is 10.0. The van der Waals surface area contributed by atoms with Crippen LogP contribution in [0.5, 0.6) is 11.5 Å². The second-order valence-electron chi connectivity index (χ2n) is 10.7. The lowest BCUT2D eigenvalue weighted by Gasteiger charge is -2.31. The molecule has 0 saturated carbocycles. The summed E-state index contributed by atoms with van der Waals surface area (Å²) in [5.74, 6) is 0.249. The predicted molar refractivity (Wildman–Crippen MR) is 161 cm³/mol. The van der Waals surface area contributed by atoms with E-state index in [4.69, 9.17) is 19.3 Å². The normalized spacial score (nSPS) is 17.1.